The minimum absolute atomic E-state index is 0.483. The molecule has 0 amide bonds. The van der Waals surface area contributed by atoms with E-state index in [1.165, 1.54) is 0 Å². The van der Waals surface area contributed by atoms with Crippen LogP contribution in [-0.2, 0) is 0 Å². The fourth-order valence-electron chi connectivity index (χ4n) is 2.07. The van der Waals surface area contributed by atoms with Crippen molar-refractivity contribution < 1.29 is 22.0 Å². The summed E-state index contributed by atoms with van der Waals surface area (Å²) in [5.74, 6) is -8.90. The molecule has 0 saturated carbocycles. The van der Waals surface area contributed by atoms with Gasteiger partial charge in [-0.2, -0.15) is 0 Å². The van der Waals surface area contributed by atoms with Crippen LogP contribution in [0.2, 0.25) is 10.5 Å². The SMILES string of the molecule is CCC[CH2][Ge]([CH2]CCC)[c]1c(F)c(F)c(F)c(F)c1F. The first-order valence-electron chi connectivity index (χ1n) is 6.82. The van der Waals surface area contributed by atoms with Gasteiger partial charge < -0.3 is 0 Å². The number of unbranched alkanes of at least 4 members (excludes halogenated alkanes) is 2. The van der Waals surface area contributed by atoms with Crippen LogP contribution in [0.4, 0.5) is 22.0 Å². The first kappa shape index (κ1) is 17.5. The molecule has 113 valence electrons. The first-order chi connectivity index (χ1) is 9.45. The molecule has 0 heterocycles. The Morgan fingerprint density at radius 2 is 1.00 bits per heavy atom. The van der Waals surface area contributed by atoms with Gasteiger partial charge in [0, 0.05) is 0 Å². The van der Waals surface area contributed by atoms with E-state index in [4.69, 9.17) is 0 Å². The van der Waals surface area contributed by atoms with Crippen LogP contribution in [0.5, 0.6) is 0 Å². The molecule has 0 aliphatic carbocycles. The monoisotopic (exact) mass is 355 g/mol. The summed E-state index contributed by atoms with van der Waals surface area (Å²) in [6, 6.07) is 0. The zero-order chi connectivity index (χ0) is 15.3. The van der Waals surface area contributed by atoms with Crippen LogP contribution in [0.3, 0.4) is 0 Å². The summed E-state index contributed by atoms with van der Waals surface area (Å²) in [6.07, 6.45) is 3.22. The summed E-state index contributed by atoms with van der Waals surface area (Å²) in [7, 11) is 0. The summed E-state index contributed by atoms with van der Waals surface area (Å²) < 4.78 is 66.8. The van der Waals surface area contributed by atoms with Crippen molar-refractivity contribution in [3.63, 3.8) is 0 Å². The Labute approximate surface area is 120 Å². The summed E-state index contributed by atoms with van der Waals surface area (Å²) >= 11 is -2.49. The van der Waals surface area contributed by atoms with Gasteiger partial charge in [-0.15, -0.1) is 0 Å². The van der Waals surface area contributed by atoms with Gasteiger partial charge in [0.05, 0.1) is 0 Å². The summed E-state index contributed by atoms with van der Waals surface area (Å²) in [6.45, 7) is 3.88. The van der Waals surface area contributed by atoms with Crippen LogP contribution in [0.15, 0.2) is 0 Å². The molecule has 0 spiro atoms. The van der Waals surface area contributed by atoms with E-state index in [1.54, 1.807) is 0 Å². The molecule has 1 aromatic rings. The van der Waals surface area contributed by atoms with Gasteiger partial charge >= 0.3 is 120 Å². The van der Waals surface area contributed by atoms with Gasteiger partial charge in [-0.25, -0.2) is 0 Å². The molecule has 0 aliphatic rings. The van der Waals surface area contributed by atoms with Gasteiger partial charge in [-0.05, 0) is 0 Å². The van der Waals surface area contributed by atoms with Crippen LogP contribution in [0.25, 0.3) is 0 Å². The van der Waals surface area contributed by atoms with Crippen molar-refractivity contribution in [2.45, 2.75) is 50.0 Å². The van der Waals surface area contributed by atoms with Crippen LogP contribution < -0.4 is 4.40 Å². The van der Waals surface area contributed by atoms with Gasteiger partial charge in [0.15, 0.2) is 0 Å². The molecule has 1 rings (SSSR count). The second-order valence-electron chi connectivity index (χ2n) is 4.76. The molecule has 0 fully saturated rings. The van der Waals surface area contributed by atoms with E-state index in [0.717, 1.165) is 25.7 Å². The molecule has 0 N–H and O–H groups in total. The predicted molar refractivity (Wildman–Crippen MR) is 71.1 cm³/mol. The molecule has 0 aliphatic heterocycles. The van der Waals surface area contributed by atoms with E-state index >= 15 is 0 Å². The molecule has 0 nitrogen and oxygen atoms in total. The number of rotatable bonds is 7. The Morgan fingerprint density at radius 1 is 0.650 bits per heavy atom. The number of hydrogen-bond donors (Lipinski definition) is 0. The predicted octanol–water partition coefficient (Wildman–Crippen LogP) is 4.68. The molecule has 0 unspecified atom stereocenters. The normalized spacial score (nSPS) is 11.4. The standard InChI is InChI=1S/C14H18F5Ge/c1-3-5-7-20(8-6-4-2)14-12(18)10(16)9(15)11(17)13(14)19/h3-8H2,1-2H3. The van der Waals surface area contributed by atoms with Crippen molar-refractivity contribution in [3.8, 4) is 0 Å². The molecule has 6 heteroatoms. The second kappa shape index (κ2) is 8.00. The van der Waals surface area contributed by atoms with Crippen molar-refractivity contribution in [3.05, 3.63) is 29.1 Å². The van der Waals surface area contributed by atoms with Crippen molar-refractivity contribution in [2.75, 3.05) is 0 Å². The van der Waals surface area contributed by atoms with Gasteiger partial charge in [-0.1, -0.05) is 0 Å². The fraction of sp³-hybridized carbons (Fsp3) is 0.571. The Morgan fingerprint density at radius 3 is 1.35 bits per heavy atom. The average Bonchev–Trinajstić information content (AvgIpc) is 2.45. The quantitative estimate of drug-likeness (QED) is 0.289. The topological polar surface area (TPSA) is 0 Å². The Kier molecular flexibility index (Phi) is 6.99. The summed E-state index contributed by atoms with van der Waals surface area (Å²) in [5.41, 5.74) is 0. The molecular weight excluding hydrogens is 336 g/mol. The number of hydrogen-bond acceptors (Lipinski definition) is 0. The summed E-state index contributed by atoms with van der Waals surface area (Å²) in [4.78, 5) is 0. The fourth-order valence-corrected chi connectivity index (χ4v) is 8.68. The maximum atomic E-state index is 13.8. The third kappa shape index (κ3) is 3.74. The second-order valence-corrected chi connectivity index (χ2v) is 10.4. The molecule has 0 saturated heterocycles. The zero-order valence-corrected chi connectivity index (χ0v) is 13.7. The Bertz CT molecular complexity index is 424. The van der Waals surface area contributed by atoms with Crippen molar-refractivity contribution in [2.24, 2.45) is 0 Å². The molecule has 0 bridgehead atoms. The third-order valence-electron chi connectivity index (χ3n) is 3.23. The van der Waals surface area contributed by atoms with Crippen LogP contribution >= 0.6 is 0 Å². The molecule has 0 aromatic heterocycles. The van der Waals surface area contributed by atoms with Gasteiger partial charge in [0.1, 0.15) is 0 Å². The van der Waals surface area contributed by atoms with Crippen molar-refractivity contribution in [1.82, 2.24) is 0 Å². The van der Waals surface area contributed by atoms with Crippen LogP contribution in [0.1, 0.15) is 39.5 Å². The molecule has 0 atom stereocenters. The van der Waals surface area contributed by atoms with Crippen molar-refractivity contribution >= 4 is 18.7 Å². The van der Waals surface area contributed by atoms with Gasteiger partial charge in [0.2, 0.25) is 0 Å². The third-order valence-corrected chi connectivity index (χ3v) is 9.65. The Balaban J connectivity index is 3.24. The number of benzene rings is 1. The Hall–Kier alpha value is -0.587. The minimum atomic E-state index is -2.49. The van der Waals surface area contributed by atoms with Crippen LogP contribution in [-0.4, -0.2) is 14.3 Å². The van der Waals surface area contributed by atoms with Gasteiger partial charge in [-0.3, -0.25) is 0 Å². The molecule has 1 aromatic carbocycles. The van der Waals surface area contributed by atoms with Crippen molar-refractivity contribution in [1.29, 1.82) is 0 Å². The van der Waals surface area contributed by atoms with E-state index < -0.39 is 47.8 Å². The average molecular weight is 354 g/mol. The molecule has 1 radical (unpaired) electrons. The summed E-state index contributed by atoms with van der Waals surface area (Å²) in [5, 5.41) is 1.18. The van der Waals surface area contributed by atoms with Crippen LogP contribution in [0, 0.1) is 29.1 Å². The first-order valence-corrected chi connectivity index (χ1v) is 10.8. The van der Waals surface area contributed by atoms with E-state index in [0.29, 0.717) is 10.5 Å². The van der Waals surface area contributed by atoms with E-state index in [9.17, 15) is 22.0 Å². The molecule has 20 heavy (non-hydrogen) atoms. The van der Waals surface area contributed by atoms with E-state index in [1.807, 2.05) is 13.8 Å². The van der Waals surface area contributed by atoms with E-state index in [2.05, 4.69) is 0 Å². The molecular formula is C14H18F5Ge. The number of halogens is 5. The maximum absolute atomic E-state index is 13.8. The van der Waals surface area contributed by atoms with Gasteiger partial charge in [0.25, 0.3) is 0 Å². The zero-order valence-electron chi connectivity index (χ0n) is 11.6. The van der Waals surface area contributed by atoms with E-state index in [-0.39, 0.29) is 0 Å².